The molecule has 0 bridgehead atoms. The number of carbonyl (C=O) groups excluding carboxylic acids is 4. The molecule has 10 nitrogen and oxygen atoms in total. The first-order valence-electron chi connectivity index (χ1n) is 13.3. The highest BCUT2D eigenvalue weighted by Crippen LogP contribution is 2.48. The summed E-state index contributed by atoms with van der Waals surface area (Å²) in [5, 5.41) is 11.6. The number of Topliss-reactive ketones (excluding diaryl/α,β-unsaturated/α-hetero) is 1. The number of hydrogen-bond acceptors (Lipinski definition) is 9. The maximum Gasteiger partial charge on any atom is 0.342 e. The monoisotopic (exact) mass is 551 g/mol. The third kappa shape index (κ3) is 6.62. The Hall–Kier alpha value is -4.34. The van der Waals surface area contributed by atoms with Crippen LogP contribution >= 0.6 is 0 Å². The van der Waals surface area contributed by atoms with E-state index in [9.17, 15) is 24.3 Å². The van der Waals surface area contributed by atoms with Gasteiger partial charge in [-0.3, -0.25) is 14.4 Å². The molecule has 0 saturated carbocycles. The maximum atomic E-state index is 13.4. The predicted octanol–water partition coefficient (Wildman–Crippen LogP) is 4.19. The normalized spacial score (nSPS) is 19.9. The lowest BCUT2D eigenvalue weighted by Gasteiger charge is -2.28. The summed E-state index contributed by atoms with van der Waals surface area (Å²) in [6.07, 6.45) is 6.15. The highest BCUT2D eigenvalue weighted by atomic mass is 16.5. The second kappa shape index (κ2) is 12.7. The number of ether oxygens (including phenoxy) is 4. The fourth-order valence-electron chi connectivity index (χ4n) is 4.98. The first kappa shape index (κ1) is 28.7. The van der Waals surface area contributed by atoms with Gasteiger partial charge in [-0.2, -0.15) is 0 Å². The number of phenols is 1. The third-order valence-electron chi connectivity index (χ3n) is 6.94. The van der Waals surface area contributed by atoms with E-state index in [1.807, 2.05) is 6.08 Å². The second-order valence-electron chi connectivity index (χ2n) is 9.94. The number of nitrogens with two attached hydrogens (primary N) is 1. The van der Waals surface area contributed by atoms with E-state index >= 15 is 0 Å². The van der Waals surface area contributed by atoms with Crippen LogP contribution in [0.3, 0.4) is 0 Å². The Morgan fingerprint density at radius 2 is 1.90 bits per heavy atom. The van der Waals surface area contributed by atoms with Crippen molar-refractivity contribution in [2.45, 2.75) is 63.9 Å². The van der Waals surface area contributed by atoms with Crippen LogP contribution in [-0.2, 0) is 19.1 Å². The van der Waals surface area contributed by atoms with Crippen molar-refractivity contribution in [3.05, 3.63) is 52.6 Å². The van der Waals surface area contributed by atoms with Crippen molar-refractivity contribution in [2.24, 2.45) is 5.73 Å². The Morgan fingerprint density at radius 3 is 2.65 bits per heavy atom. The summed E-state index contributed by atoms with van der Waals surface area (Å²) in [5.74, 6) is -2.08. The molecule has 40 heavy (non-hydrogen) atoms. The van der Waals surface area contributed by atoms with Gasteiger partial charge in [-0.05, 0) is 61.9 Å². The summed E-state index contributed by atoms with van der Waals surface area (Å²) < 4.78 is 22.0. The number of fused-ring (bicyclic) bond motifs is 2. The molecule has 0 aromatic heterocycles. The van der Waals surface area contributed by atoms with E-state index in [0.29, 0.717) is 55.4 Å². The van der Waals surface area contributed by atoms with Gasteiger partial charge < -0.3 is 29.8 Å². The molecule has 2 aliphatic heterocycles. The molecule has 0 aliphatic carbocycles. The van der Waals surface area contributed by atoms with E-state index in [0.717, 1.165) is 0 Å². The lowest BCUT2D eigenvalue weighted by atomic mass is 9.83. The van der Waals surface area contributed by atoms with Gasteiger partial charge in [0.1, 0.15) is 22.8 Å². The summed E-state index contributed by atoms with van der Waals surface area (Å²) in [5.41, 5.74) is 6.36. The van der Waals surface area contributed by atoms with Gasteiger partial charge in [0, 0.05) is 24.3 Å². The van der Waals surface area contributed by atoms with Crippen LogP contribution in [0.1, 0.15) is 84.8 Å². The third-order valence-corrected chi connectivity index (χ3v) is 6.94. The number of phenolic OH excluding ortho intramolecular Hbond substituents is 1. The molecule has 2 atom stereocenters. The minimum atomic E-state index is -0.716. The number of benzene rings is 2. The second-order valence-corrected chi connectivity index (χ2v) is 9.94. The Morgan fingerprint density at radius 1 is 1.12 bits per heavy atom. The molecule has 3 N–H and O–H groups in total. The summed E-state index contributed by atoms with van der Waals surface area (Å²) >= 11 is 0. The molecule has 0 spiro atoms. The van der Waals surface area contributed by atoms with Crippen LogP contribution in [0, 0.1) is 0 Å². The summed E-state index contributed by atoms with van der Waals surface area (Å²) in [6, 6.07) is 6.46. The van der Waals surface area contributed by atoms with Gasteiger partial charge >= 0.3 is 11.9 Å². The van der Waals surface area contributed by atoms with Gasteiger partial charge in [-0.25, -0.2) is 4.79 Å². The van der Waals surface area contributed by atoms with Gasteiger partial charge in [-0.15, -0.1) is 0 Å². The molecule has 4 rings (SSSR count). The Labute approximate surface area is 232 Å². The van der Waals surface area contributed by atoms with Crippen molar-refractivity contribution in [3.63, 3.8) is 0 Å². The van der Waals surface area contributed by atoms with E-state index < -0.39 is 29.9 Å². The number of primary amides is 1. The number of carbonyl (C=O) groups is 4. The van der Waals surface area contributed by atoms with Crippen LogP contribution in [0.4, 0.5) is 0 Å². The first-order chi connectivity index (χ1) is 19.2. The Bertz CT molecular complexity index is 1350. The molecular weight excluding hydrogens is 518 g/mol. The van der Waals surface area contributed by atoms with Crippen LogP contribution in [0.15, 0.2) is 30.3 Å². The fraction of sp³-hybridized carbons (Fsp3) is 0.400. The molecule has 10 heteroatoms. The van der Waals surface area contributed by atoms with E-state index in [1.54, 1.807) is 37.3 Å². The van der Waals surface area contributed by atoms with Crippen LogP contribution in [0.5, 0.6) is 23.0 Å². The van der Waals surface area contributed by atoms with Crippen LogP contribution < -0.4 is 19.9 Å². The zero-order valence-corrected chi connectivity index (χ0v) is 22.6. The summed E-state index contributed by atoms with van der Waals surface area (Å²) in [4.78, 5) is 49.4. The van der Waals surface area contributed by atoms with Crippen molar-refractivity contribution in [3.8, 4) is 23.0 Å². The minimum absolute atomic E-state index is 0.0309. The van der Waals surface area contributed by atoms with Gasteiger partial charge in [-0.1, -0.05) is 18.2 Å². The number of methoxy groups -OCH3 is 1. The quantitative estimate of drug-likeness (QED) is 0.412. The van der Waals surface area contributed by atoms with Gasteiger partial charge in [0.2, 0.25) is 0 Å². The molecule has 2 unspecified atom stereocenters. The zero-order valence-electron chi connectivity index (χ0n) is 22.6. The number of allylic oxidation sites excluding steroid dienone is 1. The van der Waals surface area contributed by atoms with Crippen molar-refractivity contribution >= 4 is 29.7 Å². The average Bonchev–Trinajstić information content (AvgIpc) is 2.90. The lowest BCUT2D eigenvalue weighted by Crippen LogP contribution is -2.23. The molecule has 2 aromatic rings. The van der Waals surface area contributed by atoms with Gasteiger partial charge in [0.25, 0.3) is 5.91 Å². The molecule has 2 aliphatic rings. The Kier molecular flexibility index (Phi) is 9.08. The van der Waals surface area contributed by atoms with Gasteiger partial charge in [0.15, 0.2) is 18.1 Å². The van der Waals surface area contributed by atoms with E-state index in [-0.39, 0.29) is 47.2 Å². The van der Waals surface area contributed by atoms with E-state index in [2.05, 4.69) is 0 Å². The minimum Gasteiger partial charge on any atom is -0.507 e. The predicted molar refractivity (Wildman–Crippen MR) is 145 cm³/mol. The van der Waals surface area contributed by atoms with E-state index in [1.165, 1.54) is 7.11 Å². The molecule has 0 radical (unpaired) electrons. The number of cyclic esters (lactones) is 1. The Balaban J connectivity index is 1.80. The molecule has 0 fully saturated rings. The topological polar surface area (TPSA) is 151 Å². The van der Waals surface area contributed by atoms with Crippen LogP contribution in [0.2, 0.25) is 0 Å². The molecule has 0 saturated heterocycles. The number of rotatable bonds is 5. The molecule has 1 amide bonds. The van der Waals surface area contributed by atoms with Crippen molar-refractivity contribution in [2.75, 3.05) is 13.7 Å². The number of hydrogen-bond donors (Lipinski definition) is 2. The molecule has 2 aromatic carbocycles. The summed E-state index contributed by atoms with van der Waals surface area (Å²) in [7, 11) is 1.44. The molecule has 2 heterocycles. The maximum absolute atomic E-state index is 13.4. The van der Waals surface area contributed by atoms with Crippen molar-refractivity contribution in [1.29, 1.82) is 0 Å². The van der Waals surface area contributed by atoms with Crippen molar-refractivity contribution in [1.82, 2.24) is 0 Å². The highest BCUT2D eigenvalue weighted by molar-refractivity contribution is 5.98. The SMILES string of the molecule is COc1ccc(C2CC(=O)Oc3cc4c(c(O)c32)C(=O)OC(C)CCCC(=O)CCCC=C4)cc1OCC(N)=O. The van der Waals surface area contributed by atoms with Crippen LogP contribution in [0.25, 0.3) is 6.08 Å². The lowest BCUT2D eigenvalue weighted by molar-refractivity contribution is -0.135. The summed E-state index contributed by atoms with van der Waals surface area (Å²) in [6.45, 7) is 1.36. The van der Waals surface area contributed by atoms with Crippen LogP contribution in [-0.4, -0.2) is 48.6 Å². The molecular formula is C30H33NO9. The largest absolute Gasteiger partial charge is 0.507 e. The fourth-order valence-corrected chi connectivity index (χ4v) is 4.98. The zero-order chi connectivity index (χ0) is 28.8. The number of amides is 1. The average molecular weight is 552 g/mol. The van der Waals surface area contributed by atoms with Gasteiger partial charge in [0.05, 0.1) is 19.6 Å². The van der Waals surface area contributed by atoms with E-state index in [4.69, 9.17) is 24.7 Å². The first-order valence-corrected chi connectivity index (χ1v) is 13.3. The number of esters is 2. The van der Waals surface area contributed by atoms with Crippen molar-refractivity contribution < 1.29 is 43.2 Å². The highest BCUT2D eigenvalue weighted by Gasteiger charge is 2.36. The molecule has 212 valence electrons. The number of ketones is 1. The smallest absolute Gasteiger partial charge is 0.342 e. The number of aromatic hydroxyl groups is 1. The standard InChI is InChI=1S/C30H33NO9/c1-17-7-6-10-20(32)9-5-3-4-8-19-14-24-28(29(35)27(19)30(36)39-17)21(15-26(34)40-24)18-11-12-22(37-2)23(13-18)38-16-25(31)33/h4,8,11-14,17,21,35H,3,5-7,9-10,15-16H2,1-2H3,(H2,31,33).